The number of ether oxygens (including phenoxy) is 3. The van der Waals surface area contributed by atoms with E-state index in [0.29, 0.717) is 0 Å². The summed E-state index contributed by atoms with van der Waals surface area (Å²) in [5, 5.41) is 20.0. The zero-order valence-corrected chi connectivity index (χ0v) is 17.6. The second-order valence-electron chi connectivity index (χ2n) is 7.89. The number of benzene rings is 1. The minimum Gasteiger partial charge on any atom is -0.479 e. The van der Waals surface area contributed by atoms with Crippen LogP contribution in [0, 0.1) is 0 Å². The van der Waals surface area contributed by atoms with Gasteiger partial charge in [0.05, 0.1) is 12.2 Å². The Morgan fingerprint density at radius 1 is 1.15 bits per heavy atom. The molecule has 1 aliphatic rings. The zero-order valence-electron chi connectivity index (χ0n) is 16.5. The van der Waals surface area contributed by atoms with E-state index in [0.717, 1.165) is 5.56 Å². The summed E-state index contributed by atoms with van der Waals surface area (Å²) < 4.78 is 23.4. The lowest BCUT2D eigenvalue weighted by molar-refractivity contribution is -0.303. The van der Waals surface area contributed by atoms with Gasteiger partial charge in [-0.25, -0.2) is 4.79 Å². The minimum absolute atomic E-state index is 0.244. The summed E-state index contributed by atoms with van der Waals surface area (Å²) in [5.74, 6) is -1.21. The molecule has 1 aliphatic heterocycles. The average molecular weight is 399 g/mol. The Kier molecular flexibility index (Phi) is 7.55. The summed E-state index contributed by atoms with van der Waals surface area (Å²) in [6.07, 6.45) is -5.28. The Morgan fingerprint density at radius 3 is 2.30 bits per heavy atom. The van der Waals surface area contributed by atoms with E-state index in [9.17, 15) is 15.0 Å². The highest BCUT2D eigenvalue weighted by atomic mass is 28.3. The first kappa shape index (κ1) is 22.0. The lowest BCUT2D eigenvalue weighted by Crippen LogP contribution is -2.63. The first-order valence-electron chi connectivity index (χ1n) is 9.13. The summed E-state index contributed by atoms with van der Waals surface area (Å²) in [5.41, 5.74) is 0.304. The highest BCUT2D eigenvalue weighted by molar-refractivity contribution is 6.48. The van der Waals surface area contributed by atoms with Crippen LogP contribution in [0.3, 0.4) is 0 Å². The number of carboxylic acid groups (broad SMARTS) is 1. The minimum atomic E-state index is -1.57. The summed E-state index contributed by atoms with van der Waals surface area (Å²) in [4.78, 5) is 11.7. The lowest BCUT2D eigenvalue weighted by atomic mass is 9.97. The third kappa shape index (κ3) is 6.37. The van der Waals surface area contributed by atoms with Gasteiger partial charge < -0.3 is 28.8 Å². The van der Waals surface area contributed by atoms with Crippen LogP contribution in [0.15, 0.2) is 30.3 Å². The van der Waals surface area contributed by atoms with Gasteiger partial charge in [-0.2, -0.15) is 0 Å². The number of carbonyl (C=O) groups is 1. The van der Waals surface area contributed by atoms with E-state index in [2.05, 4.69) is 0 Å². The monoisotopic (exact) mass is 398 g/mol. The molecule has 0 saturated carbocycles. The van der Waals surface area contributed by atoms with E-state index in [4.69, 9.17) is 18.6 Å². The van der Waals surface area contributed by atoms with Crippen molar-refractivity contribution in [1.29, 1.82) is 0 Å². The van der Waals surface area contributed by atoms with Gasteiger partial charge in [-0.1, -0.05) is 30.3 Å². The molecule has 0 spiro atoms. The smallest absolute Gasteiger partial charge is 0.335 e. The molecule has 0 radical (unpaired) electrons. The number of aliphatic hydroxyl groups excluding tert-OH is 1. The van der Waals surface area contributed by atoms with Crippen molar-refractivity contribution in [3.8, 4) is 0 Å². The molecule has 1 saturated heterocycles. The zero-order chi connectivity index (χ0) is 20.2. The van der Waals surface area contributed by atoms with E-state index in [1.165, 1.54) is 0 Å². The van der Waals surface area contributed by atoms with Crippen LogP contribution in [0.5, 0.6) is 0 Å². The van der Waals surface area contributed by atoms with Gasteiger partial charge in [-0.05, 0) is 39.4 Å². The Hall–Kier alpha value is -1.29. The molecule has 2 N–H and O–H groups in total. The normalized spacial score (nSPS) is 29.1. The number of carboxylic acids is 1. The van der Waals surface area contributed by atoms with Crippen LogP contribution in [-0.2, 0) is 30.0 Å². The molecular weight excluding hydrogens is 368 g/mol. The van der Waals surface area contributed by atoms with Crippen LogP contribution in [-0.4, -0.2) is 61.5 Å². The summed E-state index contributed by atoms with van der Waals surface area (Å²) in [7, 11) is -1.57. The summed E-state index contributed by atoms with van der Waals surface area (Å²) in [6.45, 7) is 9.66. The second kappa shape index (κ2) is 9.27. The molecule has 1 heterocycles. The van der Waals surface area contributed by atoms with E-state index >= 15 is 0 Å². The van der Waals surface area contributed by atoms with Gasteiger partial charge in [0.15, 0.2) is 21.4 Å². The molecule has 1 aromatic rings. The Balaban J connectivity index is 2.31. The fraction of sp³-hybridized carbons (Fsp3) is 0.632. The first-order valence-corrected chi connectivity index (χ1v) is 11.9. The fourth-order valence-electron chi connectivity index (χ4n) is 2.98. The van der Waals surface area contributed by atoms with Gasteiger partial charge in [0.2, 0.25) is 0 Å². The maximum absolute atomic E-state index is 11.7. The SMILES string of the molecule is C[SiH](C)O[C@H]1C(O)O[C@@H](C(=O)O)[C@@H](OC(C)(C)C)[C@@H]1OCc1ccccc1. The molecule has 0 aromatic heterocycles. The topological polar surface area (TPSA) is 94.5 Å². The van der Waals surface area contributed by atoms with Crippen LogP contribution in [0.1, 0.15) is 26.3 Å². The molecule has 0 aliphatic carbocycles. The van der Waals surface area contributed by atoms with Crippen molar-refractivity contribution in [2.24, 2.45) is 0 Å². The molecule has 0 bridgehead atoms. The van der Waals surface area contributed by atoms with Crippen molar-refractivity contribution >= 4 is 15.0 Å². The molecule has 2 rings (SSSR count). The van der Waals surface area contributed by atoms with Crippen molar-refractivity contribution in [1.82, 2.24) is 0 Å². The van der Waals surface area contributed by atoms with E-state index < -0.39 is 51.3 Å². The highest BCUT2D eigenvalue weighted by Crippen LogP contribution is 2.31. The van der Waals surface area contributed by atoms with Gasteiger partial charge in [0, 0.05) is 0 Å². The molecule has 1 fully saturated rings. The van der Waals surface area contributed by atoms with E-state index in [1.807, 2.05) is 64.2 Å². The number of hydrogen-bond donors (Lipinski definition) is 2. The van der Waals surface area contributed by atoms with Crippen molar-refractivity contribution in [3.63, 3.8) is 0 Å². The van der Waals surface area contributed by atoms with Crippen LogP contribution < -0.4 is 0 Å². The van der Waals surface area contributed by atoms with E-state index in [1.54, 1.807) is 0 Å². The number of hydrogen-bond acceptors (Lipinski definition) is 6. The van der Waals surface area contributed by atoms with Crippen LogP contribution in [0.25, 0.3) is 0 Å². The molecule has 8 heteroatoms. The third-order valence-electron chi connectivity index (χ3n) is 3.96. The molecule has 27 heavy (non-hydrogen) atoms. The van der Waals surface area contributed by atoms with Gasteiger partial charge in [-0.3, -0.25) is 0 Å². The average Bonchev–Trinajstić information content (AvgIpc) is 2.56. The number of aliphatic carboxylic acids is 1. The van der Waals surface area contributed by atoms with Crippen LogP contribution >= 0.6 is 0 Å². The second-order valence-corrected chi connectivity index (χ2v) is 10.3. The quantitative estimate of drug-likeness (QED) is 0.678. The predicted octanol–water partition coefficient (Wildman–Crippen LogP) is 1.93. The maximum Gasteiger partial charge on any atom is 0.335 e. The summed E-state index contributed by atoms with van der Waals surface area (Å²) in [6, 6.07) is 9.53. The standard InChI is InChI=1S/C19H30O7Si/c1-19(2,3)25-14-13(23-11-12-9-7-6-8-10-12)16(26-27(4)5)18(22)24-15(14)17(20)21/h6-10,13-16,18,22,27H,11H2,1-5H3,(H,20,21)/t13-,14-,15+,16+,18?/m0/s1. The van der Waals surface area contributed by atoms with Gasteiger partial charge in [0.1, 0.15) is 18.3 Å². The number of rotatable bonds is 7. The molecule has 1 unspecified atom stereocenters. The largest absolute Gasteiger partial charge is 0.479 e. The van der Waals surface area contributed by atoms with Crippen molar-refractivity contribution in [2.75, 3.05) is 0 Å². The fourth-order valence-corrected chi connectivity index (χ4v) is 3.90. The van der Waals surface area contributed by atoms with Crippen LogP contribution in [0.4, 0.5) is 0 Å². The molecular formula is C19H30O7Si. The Bertz CT molecular complexity index is 602. The third-order valence-corrected chi connectivity index (χ3v) is 4.82. The van der Waals surface area contributed by atoms with Crippen molar-refractivity contribution < 1.29 is 33.6 Å². The van der Waals surface area contributed by atoms with Crippen molar-refractivity contribution in [2.45, 2.75) is 76.8 Å². The van der Waals surface area contributed by atoms with Gasteiger partial charge in [-0.15, -0.1) is 0 Å². The molecule has 5 atom stereocenters. The molecule has 152 valence electrons. The van der Waals surface area contributed by atoms with Crippen LogP contribution in [0.2, 0.25) is 13.1 Å². The van der Waals surface area contributed by atoms with Gasteiger partial charge in [0.25, 0.3) is 0 Å². The summed E-state index contributed by atoms with van der Waals surface area (Å²) >= 11 is 0. The van der Waals surface area contributed by atoms with E-state index in [-0.39, 0.29) is 6.61 Å². The highest BCUT2D eigenvalue weighted by Gasteiger charge is 2.51. The predicted molar refractivity (Wildman–Crippen MR) is 102 cm³/mol. The lowest BCUT2D eigenvalue weighted by Gasteiger charge is -2.45. The molecule has 0 amide bonds. The maximum atomic E-state index is 11.7. The van der Waals surface area contributed by atoms with Gasteiger partial charge >= 0.3 is 5.97 Å². The molecule has 7 nitrogen and oxygen atoms in total. The molecule has 1 aromatic carbocycles. The first-order chi connectivity index (χ1) is 12.6. The Morgan fingerprint density at radius 2 is 1.78 bits per heavy atom. The number of aliphatic hydroxyl groups is 1. The Labute approximate surface area is 161 Å². The van der Waals surface area contributed by atoms with Crippen molar-refractivity contribution in [3.05, 3.63) is 35.9 Å².